The molecule has 2 rings (SSSR count). The van der Waals surface area contributed by atoms with Crippen LogP contribution < -0.4 is 0 Å². The molecule has 96 valence electrons. The van der Waals surface area contributed by atoms with Gasteiger partial charge in [-0.05, 0) is 35.3 Å². The van der Waals surface area contributed by atoms with Crippen LogP contribution in [0, 0.1) is 11.3 Å². The summed E-state index contributed by atoms with van der Waals surface area (Å²) in [6.45, 7) is 8.78. The smallest absolute Gasteiger partial charge is 0.0822 e. The van der Waals surface area contributed by atoms with Crippen molar-refractivity contribution in [3.63, 3.8) is 0 Å². The Balaban J connectivity index is 2.56. The summed E-state index contributed by atoms with van der Waals surface area (Å²) in [6, 6.07) is 0. The van der Waals surface area contributed by atoms with Crippen LogP contribution in [0.15, 0.2) is 23.4 Å². The normalized spacial score (nSPS) is 42.2. The zero-order valence-corrected chi connectivity index (χ0v) is 12.5. The molecule has 0 heterocycles. The van der Waals surface area contributed by atoms with Gasteiger partial charge < -0.3 is 5.11 Å². The summed E-state index contributed by atoms with van der Waals surface area (Å²) >= 11 is 0. The maximum atomic E-state index is 10.7. The van der Waals surface area contributed by atoms with Crippen LogP contribution >= 0.6 is 0 Å². The summed E-state index contributed by atoms with van der Waals surface area (Å²) in [5, 5.41) is 10.7. The van der Waals surface area contributed by atoms with Gasteiger partial charge in [-0.1, -0.05) is 51.6 Å². The lowest BCUT2D eigenvalue weighted by molar-refractivity contribution is 0.0721. The van der Waals surface area contributed by atoms with E-state index in [-0.39, 0.29) is 17.9 Å². The summed E-state index contributed by atoms with van der Waals surface area (Å²) in [4.78, 5) is 0. The zero-order chi connectivity index (χ0) is 14.4. The molecule has 0 aromatic heterocycles. The van der Waals surface area contributed by atoms with Gasteiger partial charge in [0, 0.05) is 0 Å². The van der Waals surface area contributed by atoms with Gasteiger partial charge in [-0.25, -0.2) is 0 Å². The molecule has 0 spiro atoms. The van der Waals surface area contributed by atoms with Crippen molar-refractivity contribution in [1.82, 2.24) is 0 Å². The van der Waals surface area contributed by atoms with E-state index in [9.17, 15) is 5.11 Å². The van der Waals surface area contributed by atoms with Gasteiger partial charge in [-0.2, -0.15) is 0 Å². The fourth-order valence-corrected chi connectivity index (χ4v) is 4.74. The minimum Gasteiger partial charge on any atom is -0.388 e. The van der Waals surface area contributed by atoms with E-state index >= 15 is 0 Å². The largest absolute Gasteiger partial charge is 0.388 e. The Labute approximate surface area is 109 Å². The molecular formula is C15H26OSi. The minimum atomic E-state index is -1.47. The molecule has 0 saturated heterocycles. The van der Waals surface area contributed by atoms with Crippen molar-refractivity contribution in [2.45, 2.75) is 58.4 Å². The highest BCUT2D eigenvalue weighted by Crippen LogP contribution is 2.56. The molecule has 0 aromatic carbocycles. The summed E-state index contributed by atoms with van der Waals surface area (Å²) < 4.78 is 15.7. The molecule has 0 radical (unpaired) electrons. The van der Waals surface area contributed by atoms with E-state index in [2.05, 4.69) is 32.3 Å². The van der Waals surface area contributed by atoms with E-state index in [0.29, 0.717) is 0 Å². The first-order chi connectivity index (χ1) is 8.67. The lowest BCUT2D eigenvalue weighted by atomic mass is 9.68. The van der Waals surface area contributed by atoms with Crippen molar-refractivity contribution in [2.24, 2.45) is 11.3 Å². The fraction of sp³-hybridized carbons (Fsp3) is 0.733. The predicted octanol–water partition coefficient (Wildman–Crippen LogP) is 3.92. The Morgan fingerprint density at radius 2 is 2.18 bits per heavy atom. The topological polar surface area (TPSA) is 20.2 Å². The maximum Gasteiger partial charge on any atom is 0.0822 e. The number of aliphatic hydroxyl groups excluding tert-OH is 1. The van der Waals surface area contributed by atoms with Gasteiger partial charge in [0.15, 0.2) is 0 Å². The standard InChI is InChI=1S/C15H26OSi/c1-11-12(10-17(3,4)5)14(16)13-8-6-7-9-15(11,13)2/h10,13-14,16H,1,6-9H2,2-5H3/b12-10+/t13-,14+,15+/m0/s1/i1D2. The quantitative estimate of drug-likeness (QED) is 0.701. The molecule has 2 heteroatoms. The van der Waals surface area contributed by atoms with Gasteiger partial charge in [0.05, 0.1) is 16.9 Å². The Hall–Kier alpha value is -0.343. The van der Waals surface area contributed by atoms with Crippen molar-refractivity contribution in [3.8, 4) is 0 Å². The second-order valence-electron chi connectivity index (χ2n) is 7.06. The molecule has 2 fully saturated rings. The van der Waals surface area contributed by atoms with Gasteiger partial charge in [-0.15, -0.1) is 0 Å². The fourth-order valence-electron chi connectivity index (χ4n) is 3.50. The van der Waals surface area contributed by atoms with Crippen LogP contribution in [0.2, 0.25) is 19.6 Å². The lowest BCUT2D eigenvalue weighted by Crippen LogP contribution is -2.31. The van der Waals surface area contributed by atoms with Crippen LogP contribution in [-0.4, -0.2) is 19.3 Å². The predicted molar refractivity (Wildman–Crippen MR) is 76.6 cm³/mol. The molecule has 0 aliphatic heterocycles. The van der Waals surface area contributed by atoms with Crippen molar-refractivity contribution >= 4 is 8.07 Å². The summed E-state index contributed by atoms with van der Waals surface area (Å²) in [5.41, 5.74) is 3.79. The Morgan fingerprint density at radius 3 is 2.76 bits per heavy atom. The molecule has 3 atom stereocenters. The number of hydrogen-bond donors (Lipinski definition) is 1. The minimum absolute atomic E-state index is 0.0875. The second kappa shape index (κ2) is 4.10. The third kappa shape index (κ3) is 2.17. The van der Waals surface area contributed by atoms with Gasteiger partial charge in [0.25, 0.3) is 0 Å². The lowest BCUT2D eigenvalue weighted by Gasteiger charge is -2.37. The molecule has 0 bridgehead atoms. The first kappa shape index (κ1) is 10.6. The van der Waals surface area contributed by atoms with Crippen LogP contribution in [0.1, 0.15) is 35.3 Å². The molecule has 2 aliphatic rings. The van der Waals surface area contributed by atoms with Crippen LogP contribution in [0.5, 0.6) is 0 Å². The summed E-state index contributed by atoms with van der Waals surface area (Å²) in [6.07, 6.45) is 3.89. The summed E-state index contributed by atoms with van der Waals surface area (Å²) in [7, 11) is -1.47. The van der Waals surface area contributed by atoms with E-state index in [4.69, 9.17) is 2.74 Å². The van der Waals surface area contributed by atoms with Gasteiger partial charge in [0.2, 0.25) is 0 Å². The third-order valence-electron chi connectivity index (χ3n) is 4.43. The monoisotopic (exact) mass is 252 g/mol. The van der Waals surface area contributed by atoms with E-state index < -0.39 is 14.2 Å². The molecule has 1 N–H and O–H groups in total. The van der Waals surface area contributed by atoms with Crippen molar-refractivity contribution in [2.75, 3.05) is 0 Å². The van der Waals surface area contributed by atoms with E-state index in [0.717, 1.165) is 36.8 Å². The molecule has 2 saturated carbocycles. The van der Waals surface area contributed by atoms with Crippen LogP contribution in [0.3, 0.4) is 0 Å². The van der Waals surface area contributed by atoms with Gasteiger partial charge in [-0.3, -0.25) is 0 Å². The van der Waals surface area contributed by atoms with Gasteiger partial charge >= 0.3 is 0 Å². The molecule has 17 heavy (non-hydrogen) atoms. The van der Waals surface area contributed by atoms with E-state index in [1.165, 1.54) is 0 Å². The molecule has 0 aromatic rings. The Morgan fingerprint density at radius 1 is 1.47 bits per heavy atom. The van der Waals surface area contributed by atoms with Crippen LogP contribution in [0.4, 0.5) is 0 Å². The number of fused-ring (bicyclic) bond motifs is 1. The Kier molecular flexibility index (Phi) is 2.55. The SMILES string of the molecule is [2H]C([2H])=C1/C(=C\[Si](C)(C)C)[C@@H](O)[C@@H]2CCCC[C@]12C. The van der Waals surface area contributed by atoms with Crippen molar-refractivity contribution in [1.29, 1.82) is 0 Å². The number of hydrogen-bond acceptors (Lipinski definition) is 1. The van der Waals surface area contributed by atoms with Crippen LogP contribution in [-0.2, 0) is 0 Å². The highest BCUT2D eigenvalue weighted by Gasteiger charge is 2.50. The highest BCUT2D eigenvalue weighted by molar-refractivity contribution is 6.81. The summed E-state index contributed by atoms with van der Waals surface area (Å²) in [5.74, 6) is 0.213. The average Bonchev–Trinajstić information content (AvgIpc) is 2.45. The van der Waals surface area contributed by atoms with Crippen molar-refractivity contribution < 1.29 is 7.85 Å². The molecule has 2 aliphatic carbocycles. The Bertz CT molecular complexity index is 432. The maximum absolute atomic E-state index is 10.7. The first-order valence-electron chi connectivity index (χ1n) is 7.76. The van der Waals surface area contributed by atoms with E-state index in [1.54, 1.807) is 0 Å². The van der Waals surface area contributed by atoms with Crippen LogP contribution in [0.25, 0.3) is 0 Å². The van der Waals surface area contributed by atoms with Crippen molar-refractivity contribution in [3.05, 3.63) is 23.4 Å². The van der Waals surface area contributed by atoms with Gasteiger partial charge in [0.1, 0.15) is 0 Å². The third-order valence-corrected chi connectivity index (χ3v) is 5.60. The molecule has 0 unspecified atom stereocenters. The molecular weight excluding hydrogens is 224 g/mol. The average molecular weight is 252 g/mol. The number of rotatable bonds is 1. The first-order valence-corrected chi connectivity index (χ1v) is 10.3. The molecule has 0 amide bonds. The second-order valence-corrected chi connectivity index (χ2v) is 12.1. The number of aliphatic hydroxyl groups is 1. The molecule has 1 nitrogen and oxygen atoms in total. The highest BCUT2D eigenvalue weighted by atomic mass is 28.3. The zero-order valence-electron chi connectivity index (χ0n) is 13.5. The van der Waals surface area contributed by atoms with E-state index in [1.807, 2.05) is 0 Å².